The normalized spacial score (nSPS) is 27.9. The quantitative estimate of drug-likeness (QED) is 0.851. The Hall–Kier alpha value is -1.29. The van der Waals surface area contributed by atoms with Gasteiger partial charge in [-0.25, -0.2) is 4.39 Å². The summed E-state index contributed by atoms with van der Waals surface area (Å²) >= 11 is 0. The van der Waals surface area contributed by atoms with E-state index in [1.807, 2.05) is 0 Å². The smallest absolute Gasteiger partial charge is 0.141 e. The number of nitrogens with zero attached hydrogens (tertiary/aromatic N) is 2. The van der Waals surface area contributed by atoms with Gasteiger partial charge in [-0.3, -0.25) is 14.7 Å². The average Bonchev–Trinajstić information content (AvgIpc) is 2.86. The summed E-state index contributed by atoms with van der Waals surface area (Å²) in [7, 11) is 0. The zero-order valence-corrected chi connectivity index (χ0v) is 11.7. The van der Waals surface area contributed by atoms with E-state index < -0.39 is 0 Å². The minimum Gasteiger partial charge on any atom is -0.299 e. The van der Waals surface area contributed by atoms with Gasteiger partial charge < -0.3 is 0 Å². The molecular formula is C16H21FN2O. The molecule has 1 saturated heterocycles. The fraction of sp³-hybridized carbons (Fsp3) is 0.625. The van der Waals surface area contributed by atoms with Gasteiger partial charge in [0.2, 0.25) is 0 Å². The molecule has 108 valence electrons. The maximum Gasteiger partial charge on any atom is 0.141 e. The molecule has 2 fully saturated rings. The number of carbonyl (C=O) groups excluding carboxylic acids is 1. The van der Waals surface area contributed by atoms with Gasteiger partial charge in [-0.1, -0.05) is 6.42 Å². The van der Waals surface area contributed by atoms with E-state index in [4.69, 9.17) is 0 Å². The van der Waals surface area contributed by atoms with Crippen LogP contribution in [0.5, 0.6) is 0 Å². The van der Waals surface area contributed by atoms with E-state index in [9.17, 15) is 9.18 Å². The fourth-order valence-electron chi connectivity index (χ4n) is 3.70. The number of Topliss-reactive ketones (excluding diaryl/α,β-unsaturated/α-hetero) is 1. The van der Waals surface area contributed by atoms with Crippen molar-refractivity contribution in [2.75, 3.05) is 6.54 Å². The van der Waals surface area contributed by atoms with Crippen molar-refractivity contribution in [1.29, 1.82) is 0 Å². The van der Waals surface area contributed by atoms with Crippen LogP contribution in [0.15, 0.2) is 18.5 Å². The Morgan fingerprint density at radius 3 is 2.90 bits per heavy atom. The maximum absolute atomic E-state index is 13.2. The Balaban J connectivity index is 1.73. The van der Waals surface area contributed by atoms with Gasteiger partial charge in [-0.15, -0.1) is 0 Å². The number of likely N-dealkylation sites (tertiary alicyclic amines) is 1. The molecule has 0 aromatic carbocycles. The number of piperidine rings is 1. The van der Waals surface area contributed by atoms with E-state index in [0.29, 0.717) is 18.4 Å². The van der Waals surface area contributed by atoms with Gasteiger partial charge in [-0.05, 0) is 43.9 Å². The standard InChI is InChI=1S/C16H21FN2O/c17-13-8-12(9-18-10-13)11-19-7-2-1-5-15(19)14-4-3-6-16(14)20/h8-10,14-15H,1-7,11H2. The molecule has 2 atom stereocenters. The lowest BCUT2D eigenvalue weighted by Gasteiger charge is -2.38. The van der Waals surface area contributed by atoms with Gasteiger partial charge >= 0.3 is 0 Å². The van der Waals surface area contributed by atoms with Crippen molar-refractivity contribution < 1.29 is 9.18 Å². The summed E-state index contributed by atoms with van der Waals surface area (Å²) in [6.07, 6.45) is 9.24. The summed E-state index contributed by atoms with van der Waals surface area (Å²) in [5.74, 6) is 0.351. The largest absolute Gasteiger partial charge is 0.299 e. The van der Waals surface area contributed by atoms with E-state index in [0.717, 1.165) is 37.8 Å². The summed E-state index contributed by atoms with van der Waals surface area (Å²) < 4.78 is 13.2. The number of halogens is 1. The number of hydrogen-bond acceptors (Lipinski definition) is 3. The minimum atomic E-state index is -0.284. The van der Waals surface area contributed by atoms with Crippen molar-refractivity contribution in [3.05, 3.63) is 29.8 Å². The summed E-state index contributed by atoms with van der Waals surface area (Å²) in [5.41, 5.74) is 0.905. The van der Waals surface area contributed by atoms with Gasteiger partial charge in [0, 0.05) is 31.1 Å². The molecule has 0 amide bonds. The first kappa shape index (κ1) is 13.7. The molecule has 1 saturated carbocycles. The molecule has 2 heterocycles. The summed E-state index contributed by atoms with van der Waals surface area (Å²) in [6.45, 7) is 1.71. The lowest BCUT2D eigenvalue weighted by Crippen LogP contribution is -2.44. The number of pyridine rings is 1. The van der Waals surface area contributed by atoms with Crippen LogP contribution in [0.4, 0.5) is 4.39 Å². The van der Waals surface area contributed by atoms with Crippen molar-refractivity contribution in [3.8, 4) is 0 Å². The van der Waals surface area contributed by atoms with E-state index in [2.05, 4.69) is 9.88 Å². The van der Waals surface area contributed by atoms with E-state index in [1.165, 1.54) is 19.0 Å². The molecule has 20 heavy (non-hydrogen) atoms. The van der Waals surface area contributed by atoms with Crippen LogP contribution in [0.25, 0.3) is 0 Å². The summed E-state index contributed by atoms with van der Waals surface area (Å²) in [6, 6.07) is 1.90. The maximum atomic E-state index is 13.2. The summed E-state index contributed by atoms with van der Waals surface area (Å²) in [5, 5.41) is 0. The molecule has 3 nitrogen and oxygen atoms in total. The van der Waals surface area contributed by atoms with Crippen molar-refractivity contribution >= 4 is 5.78 Å². The Morgan fingerprint density at radius 2 is 2.15 bits per heavy atom. The Morgan fingerprint density at radius 1 is 1.25 bits per heavy atom. The second-order valence-corrected chi connectivity index (χ2v) is 6.01. The van der Waals surface area contributed by atoms with Crippen LogP contribution >= 0.6 is 0 Å². The van der Waals surface area contributed by atoms with Crippen molar-refractivity contribution in [2.24, 2.45) is 5.92 Å². The van der Waals surface area contributed by atoms with Crippen LogP contribution in [-0.2, 0) is 11.3 Å². The average molecular weight is 276 g/mol. The monoisotopic (exact) mass is 276 g/mol. The highest BCUT2D eigenvalue weighted by molar-refractivity contribution is 5.83. The first-order chi connectivity index (χ1) is 9.74. The van der Waals surface area contributed by atoms with Crippen molar-refractivity contribution in [3.63, 3.8) is 0 Å². The van der Waals surface area contributed by atoms with Crippen LogP contribution in [0.1, 0.15) is 44.1 Å². The van der Waals surface area contributed by atoms with Crippen molar-refractivity contribution in [2.45, 2.75) is 51.1 Å². The number of rotatable bonds is 3. The lowest BCUT2D eigenvalue weighted by atomic mass is 9.88. The number of carbonyl (C=O) groups is 1. The van der Waals surface area contributed by atoms with E-state index in [-0.39, 0.29) is 11.7 Å². The first-order valence-electron chi connectivity index (χ1n) is 7.60. The minimum absolute atomic E-state index is 0.205. The highest BCUT2D eigenvalue weighted by atomic mass is 19.1. The number of ketones is 1. The molecule has 0 bridgehead atoms. The first-order valence-corrected chi connectivity index (χ1v) is 7.60. The van der Waals surface area contributed by atoms with Crippen LogP contribution in [0.3, 0.4) is 0 Å². The predicted octanol–water partition coefficient (Wildman–Crippen LogP) is 2.94. The molecule has 2 aliphatic rings. The zero-order chi connectivity index (χ0) is 13.9. The second kappa shape index (κ2) is 6.00. The molecule has 3 rings (SSSR count). The molecule has 1 aliphatic heterocycles. The van der Waals surface area contributed by atoms with E-state index in [1.54, 1.807) is 12.3 Å². The Kier molecular flexibility index (Phi) is 4.10. The second-order valence-electron chi connectivity index (χ2n) is 6.01. The van der Waals surface area contributed by atoms with Crippen LogP contribution in [0.2, 0.25) is 0 Å². The molecule has 1 aliphatic carbocycles. The Bertz CT molecular complexity index is 491. The topological polar surface area (TPSA) is 33.2 Å². The predicted molar refractivity (Wildman–Crippen MR) is 74.6 cm³/mol. The lowest BCUT2D eigenvalue weighted by molar-refractivity contribution is -0.123. The SMILES string of the molecule is O=C1CCCC1C1CCCCN1Cc1cncc(F)c1. The molecule has 0 spiro atoms. The highest BCUT2D eigenvalue weighted by Crippen LogP contribution is 2.33. The van der Waals surface area contributed by atoms with Crippen LogP contribution < -0.4 is 0 Å². The molecule has 4 heteroatoms. The molecular weight excluding hydrogens is 255 g/mol. The zero-order valence-electron chi connectivity index (χ0n) is 11.7. The van der Waals surface area contributed by atoms with Crippen LogP contribution in [0, 0.1) is 11.7 Å². The molecule has 0 radical (unpaired) electrons. The molecule has 1 aromatic heterocycles. The van der Waals surface area contributed by atoms with Gasteiger partial charge in [0.1, 0.15) is 11.6 Å². The van der Waals surface area contributed by atoms with Crippen LogP contribution in [-0.4, -0.2) is 28.3 Å². The third kappa shape index (κ3) is 2.90. The van der Waals surface area contributed by atoms with Gasteiger partial charge in [0.25, 0.3) is 0 Å². The van der Waals surface area contributed by atoms with Gasteiger partial charge in [-0.2, -0.15) is 0 Å². The third-order valence-corrected chi connectivity index (χ3v) is 4.63. The third-order valence-electron chi connectivity index (χ3n) is 4.63. The number of hydrogen-bond donors (Lipinski definition) is 0. The Labute approximate surface area is 119 Å². The van der Waals surface area contributed by atoms with E-state index >= 15 is 0 Å². The van der Waals surface area contributed by atoms with Crippen molar-refractivity contribution in [1.82, 2.24) is 9.88 Å². The number of aromatic nitrogens is 1. The fourth-order valence-corrected chi connectivity index (χ4v) is 3.70. The highest BCUT2D eigenvalue weighted by Gasteiger charge is 2.36. The summed E-state index contributed by atoms with van der Waals surface area (Å²) in [4.78, 5) is 18.3. The molecule has 0 N–H and O–H groups in total. The molecule has 1 aromatic rings. The van der Waals surface area contributed by atoms with Gasteiger partial charge in [0.05, 0.1) is 6.20 Å². The molecule has 2 unspecified atom stereocenters. The van der Waals surface area contributed by atoms with Gasteiger partial charge in [0.15, 0.2) is 0 Å².